The number of carboxylic acids is 1. The van der Waals surface area contributed by atoms with E-state index in [2.05, 4.69) is 0 Å². The molecule has 138 valence electrons. The van der Waals surface area contributed by atoms with Crippen LogP contribution in [0.5, 0.6) is 0 Å². The number of ether oxygens (including phenoxy) is 1. The van der Waals surface area contributed by atoms with Gasteiger partial charge in [0.25, 0.3) is 0 Å². The first-order valence-corrected chi connectivity index (χ1v) is 7.47. The minimum absolute atomic E-state index is 0.0728. The molecule has 0 bridgehead atoms. The van der Waals surface area contributed by atoms with E-state index in [1.54, 1.807) is 20.8 Å². The van der Waals surface area contributed by atoms with Crippen molar-refractivity contribution in [1.82, 2.24) is 4.90 Å². The first-order valence-electron chi connectivity index (χ1n) is 7.47. The molecule has 0 radical (unpaired) electrons. The molecule has 5 nitrogen and oxygen atoms in total. The molecular formula is C16H17F4NO4. The van der Waals surface area contributed by atoms with Crippen LogP contribution in [0, 0.1) is 23.3 Å². The lowest BCUT2D eigenvalue weighted by atomic mass is 9.95. The molecule has 1 aromatic rings. The SMILES string of the molecule is CC(C)(C)OC(=O)N1C[C@@H](c2c(F)c(F)cc(F)c2F)CC1C(=O)O. The summed E-state index contributed by atoms with van der Waals surface area (Å²) in [6, 6.07) is -1.35. The van der Waals surface area contributed by atoms with E-state index >= 15 is 0 Å². The highest BCUT2D eigenvalue weighted by atomic mass is 19.2. The van der Waals surface area contributed by atoms with Crippen molar-refractivity contribution in [2.75, 3.05) is 6.54 Å². The van der Waals surface area contributed by atoms with Gasteiger partial charge in [-0.25, -0.2) is 27.2 Å². The number of benzene rings is 1. The van der Waals surface area contributed by atoms with Gasteiger partial charge >= 0.3 is 12.1 Å². The molecule has 1 unspecified atom stereocenters. The van der Waals surface area contributed by atoms with Crippen LogP contribution in [0.25, 0.3) is 0 Å². The van der Waals surface area contributed by atoms with Crippen LogP contribution >= 0.6 is 0 Å². The summed E-state index contributed by atoms with van der Waals surface area (Å²) in [5, 5.41) is 9.26. The fourth-order valence-corrected chi connectivity index (χ4v) is 2.75. The number of carbonyl (C=O) groups is 2. The molecule has 1 fully saturated rings. The quantitative estimate of drug-likeness (QED) is 0.646. The van der Waals surface area contributed by atoms with Crippen LogP contribution in [-0.4, -0.2) is 40.3 Å². The van der Waals surface area contributed by atoms with E-state index in [9.17, 15) is 32.3 Å². The third-order valence-corrected chi connectivity index (χ3v) is 3.77. The van der Waals surface area contributed by atoms with Gasteiger partial charge < -0.3 is 9.84 Å². The average molecular weight is 363 g/mol. The second-order valence-electron chi connectivity index (χ2n) is 6.80. The molecule has 1 heterocycles. The van der Waals surface area contributed by atoms with Gasteiger partial charge in [-0.2, -0.15) is 0 Å². The van der Waals surface area contributed by atoms with Gasteiger partial charge in [-0.15, -0.1) is 0 Å². The Kier molecular flexibility index (Phi) is 4.97. The smallest absolute Gasteiger partial charge is 0.411 e. The third kappa shape index (κ3) is 3.85. The van der Waals surface area contributed by atoms with Crippen molar-refractivity contribution < 1.29 is 37.0 Å². The van der Waals surface area contributed by atoms with Crippen molar-refractivity contribution in [3.05, 3.63) is 34.9 Å². The Labute approximate surface area is 141 Å². The highest BCUT2D eigenvalue weighted by Gasteiger charge is 2.44. The molecule has 1 N–H and O–H groups in total. The molecule has 0 aliphatic carbocycles. The first-order chi connectivity index (χ1) is 11.4. The van der Waals surface area contributed by atoms with Crippen LogP contribution in [-0.2, 0) is 9.53 Å². The number of hydrogen-bond donors (Lipinski definition) is 1. The largest absolute Gasteiger partial charge is 0.480 e. The molecular weight excluding hydrogens is 346 g/mol. The molecule has 1 saturated heterocycles. The second-order valence-corrected chi connectivity index (χ2v) is 6.80. The summed E-state index contributed by atoms with van der Waals surface area (Å²) in [6.45, 7) is 4.25. The minimum Gasteiger partial charge on any atom is -0.480 e. The molecule has 2 rings (SSSR count). The number of halogens is 4. The average Bonchev–Trinajstić information content (AvgIpc) is 2.89. The lowest BCUT2D eigenvalue weighted by molar-refractivity contribution is -0.142. The molecule has 1 aliphatic heterocycles. The summed E-state index contributed by atoms with van der Waals surface area (Å²) in [7, 11) is 0. The maximum absolute atomic E-state index is 14.0. The van der Waals surface area contributed by atoms with Crippen molar-refractivity contribution >= 4 is 12.1 Å². The van der Waals surface area contributed by atoms with E-state index in [0.717, 1.165) is 4.90 Å². The molecule has 1 amide bonds. The Morgan fingerprint density at radius 2 is 1.68 bits per heavy atom. The Morgan fingerprint density at radius 3 is 2.12 bits per heavy atom. The van der Waals surface area contributed by atoms with Crippen LogP contribution in [0.4, 0.5) is 22.4 Å². The van der Waals surface area contributed by atoms with Crippen LogP contribution in [0.3, 0.4) is 0 Å². The molecule has 1 aliphatic rings. The summed E-state index contributed by atoms with van der Waals surface area (Å²) >= 11 is 0. The monoisotopic (exact) mass is 363 g/mol. The van der Waals surface area contributed by atoms with Crippen molar-refractivity contribution in [2.24, 2.45) is 0 Å². The topological polar surface area (TPSA) is 66.8 Å². The predicted octanol–water partition coefficient (Wildman–Crippen LogP) is 3.42. The van der Waals surface area contributed by atoms with E-state index < -0.39 is 71.4 Å². The van der Waals surface area contributed by atoms with Gasteiger partial charge in [-0.05, 0) is 27.2 Å². The third-order valence-electron chi connectivity index (χ3n) is 3.77. The number of rotatable bonds is 2. The van der Waals surface area contributed by atoms with E-state index in [-0.39, 0.29) is 6.07 Å². The van der Waals surface area contributed by atoms with Gasteiger partial charge in [-0.3, -0.25) is 4.90 Å². The van der Waals surface area contributed by atoms with Gasteiger partial charge in [0, 0.05) is 24.1 Å². The van der Waals surface area contributed by atoms with E-state index in [1.165, 1.54) is 0 Å². The van der Waals surface area contributed by atoms with Crippen molar-refractivity contribution in [2.45, 2.75) is 44.8 Å². The number of carbonyl (C=O) groups excluding carboxylic acids is 1. The fourth-order valence-electron chi connectivity index (χ4n) is 2.75. The molecule has 0 spiro atoms. The highest BCUT2D eigenvalue weighted by Crippen LogP contribution is 2.37. The number of carboxylic acid groups (broad SMARTS) is 1. The van der Waals surface area contributed by atoms with Crippen LogP contribution < -0.4 is 0 Å². The van der Waals surface area contributed by atoms with Gasteiger partial charge in [-0.1, -0.05) is 0 Å². The number of hydrogen-bond acceptors (Lipinski definition) is 3. The van der Waals surface area contributed by atoms with Crippen LogP contribution in [0.15, 0.2) is 6.07 Å². The summed E-state index contributed by atoms with van der Waals surface area (Å²) < 4.78 is 59.8. The Hall–Kier alpha value is -2.32. The zero-order valence-electron chi connectivity index (χ0n) is 13.8. The highest BCUT2D eigenvalue weighted by molar-refractivity contribution is 5.81. The number of likely N-dealkylation sites (tertiary alicyclic amines) is 1. The number of aliphatic carboxylic acids is 1. The summed E-state index contributed by atoms with van der Waals surface area (Å²) in [5.74, 6) is -9.00. The molecule has 25 heavy (non-hydrogen) atoms. The Bertz CT molecular complexity index is 691. The molecule has 2 atom stereocenters. The van der Waals surface area contributed by atoms with E-state index in [0.29, 0.717) is 0 Å². The summed E-state index contributed by atoms with van der Waals surface area (Å²) in [6.07, 6.45) is -1.38. The minimum atomic E-state index is -1.60. The van der Waals surface area contributed by atoms with Gasteiger partial charge in [0.15, 0.2) is 23.3 Å². The zero-order valence-corrected chi connectivity index (χ0v) is 13.8. The van der Waals surface area contributed by atoms with Crippen molar-refractivity contribution in [1.29, 1.82) is 0 Å². The van der Waals surface area contributed by atoms with Gasteiger partial charge in [0.1, 0.15) is 11.6 Å². The normalized spacial score (nSPS) is 20.7. The number of nitrogens with zero attached hydrogens (tertiary/aromatic N) is 1. The Morgan fingerprint density at radius 1 is 1.16 bits per heavy atom. The first kappa shape index (κ1) is 19.0. The predicted molar refractivity (Wildman–Crippen MR) is 78.0 cm³/mol. The fraction of sp³-hybridized carbons (Fsp3) is 0.500. The van der Waals surface area contributed by atoms with E-state index in [1.807, 2.05) is 0 Å². The van der Waals surface area contributed by atoms with Crippen molar-refractivity contribution in [3.63, 3.8) is 0 Å². The molecule has 9 heteroatoms. The molecule has 0 saturated carbocycles. The standard InChI is InChI=1S/C16H17F4NO4/c1-16(2,3)25-15(24)21-6-7(4-10(21)14(22)23)11-12(19)8(17)5-9(18)13(11)20/h5,7,10H,4,6H2,1-3H3,(H,22,23)/t7-,10?/m0/s1. The number of amides is 1. The second kappa shape index (κ2) is 6.53. The Balaban J connectivity index is 2.38. The maximum Gasteiger partial charge on any atom is 0.411 e. The van der Waals surface area contributed by atoms with Crippen molar-refractivity contribution in [3.8, 4) is 0 Å². The van der Waals surface area contributed by atoms with Gasteiger partial charge in [0.2, 0.25) is 0 Å². The van der Waals surface area contributed by atoms with Gasteiger partial charge in [0.05, 0.1) is 0 Å². The summed E-state index contributed by atoms with van der Waals surface area (Å²) in [4.78, 5) is 24.3. The maximum atomic E-state index is 14.0. The molecule has 0 aromatic heterocycles. The zero-order chi connectivity index (χ0) is 19.1. The lowest BCUT2D eigenvalue weighted by Crippen LogP contribution is -2.43. The molecule has 1 aromatic carbocycles. The van der Waals surface area contributed by atoms with Crippen LogP contribution in [0.2, 0.25) is 0 Å². The summed E-state index contributed by atoms with van der Waals surface area (Å²) in [5.41, 5.74) is -1.82. The van der Waals surface area contributed by atoms with E-state index in [4.69, 9.17) is 4.74 Å². The lowest BCUT2D eigenvalue weighted by Gasteiger charge is -2.26. The van der Waals surface area contributed by atoms with Crippen LogP contribution in [0.1, 0.15) is 38.7 Å².